The van der Waals surface area contributed by atoms with Gasteiger partial charge in [-0.3, -0.25) is 4.79 Å². The molecule has 16 heavy (non-hydrogen) atoms. The third-order valence-corrected chi connectivity index (χ3v) is 2.80. The van der Waals surface area contributed by atoms with Crippen LogP contribution >= 0.6 is 0 Å². The summed E-state index contributed by atoms with van der Waals surface area (Å²) in [6.45, 7) is 9.65. The number of benzene rings is 1. The van der Waals surface area contributed by atoms with E-state index in [9.17, 15) is 4.79 Å². The predicted molar refractivity (Wildman–Crippen MR) is 69.4 cm³/mol. The number of hydrogen-bond acceptors (Lipinski definition) is 1. The Balaban J connectivity index is 3.33. The van der Waals surface area contributed by atoms with Gasteiger partial charge >= 0.3 is 0 Å². The number of carbonyl (C=O) groups excluding carboxylic acids is 1. The van der Waals surface area contributed by atoms with Gasteiger partial charge in [0.1, 0.15) is 0 Å². The molecule has 0 atom stereocenters. The molecule has 0 amide bonds. The second kappa shape index (κ2) is 5.45. The lowest BCUT2D eigenvalue weighted by Gasteiger charge is -2.10. The quantitative estimate of drug-likeness (QED) is 0.549. The molecule has 0 saturated carbocycles. The Labute approximate surface area is 97.5 Å². The van der Waals surface area contributed by atoms with Crippen molar-refractivity contribution in [1.82, 2.24) is 0 Å². The van der Waals surface area contributed by atoms with Gasteiger partial charge in [-0.2, -0.15) is 0 Å². The van der Waals surface area contributed by atoms with E-state index in [0.717, 1.165) is 16.7 Å². The molecule has 0 aliphatic carbocycles. The first kappa shape index (κ1) is 12.4. The van der Waals surface area contributed by atoms with E-state index in [-0.39, 0.29) is 5.78 Å². The molecule has 0 unspecified atom stereocenters. The van der Waals surface area contributed by atoms with Crippen molar-refractivity contribution in [2.24, 2.45) is 0 Å². The van der Waals surface area contributed by atoms with Crippen LogP contribution in [-0.2, 0) is 4.79 Å². The molecule has 0 aliphatic heterocycles. The zero-order chi connectivity index (χ0) is 12.1. The van der Waals surface area contributed by atoms with Gasteiger partial charge in [0.05, 0.1) is 0 Å². The Morgan fingerprint density at radius 2 is 2.06 bits per heavy atom. The van der Waals surface area contributed by atoms with Crippen LogP contribution in [0.25, 0.3) is 5.57 Å². The molecular weight excluding hydrogens is 196 g/mol. The summed E-state index contributed by atoms with van der Waals surface area (Å²) >= 11 is 0. The van der Waals surface area contributed by atoms with Crippen molar-refractivity contribution in [1.29, 1.82) is 0 Å². The van der Waals surface area contributed by atoms with Crippen LogP contribution in [0.2, 0.25) is 0 Å². The van der Waals surface area contributed by atoms with E-state index in [1.807, 2.05) is 26.0 Å². The Morgan fingerprint density at radius 1 is 1.38 bits per heavy atom. The molecule has 0 radical (unpaired) electrons. The molecule has 0 saturated heterocycles. The van der Waals surface area contributed by atoms with Crippen molar-refractivity contribution in [3.63, 3.8) is 0 Å². The van der Waals surface area contributed by atoms with Crippen molar-refractivity contribution in [3.05, 3.63) is 53.6 Å². The van der Waals surface area contributed by atoms with Crippen molar-refractivity contribution in [2.75, 3.05) is 0 Å². The van der Waals surface area contributed by atoms with Crippen LogP contribution in [0.15, 0.2) is 36.9 Å². The van der Waals surface area contributed by atoms with Gasteiger partial charge in [-0.25, -0.2) is 0 Å². The molecule has 1 heteroatoms. The van der Waals surface area contributed by atoms with Gasteiger partial charge in [-0.05, 0) is 30.5 Å². The van der Waals surface area contributed by atoms with Crippen molar-refractivity contribution >= 4 is 11.4 Å². The lowest BCUT2D eigenvalue weighted by molar-refractivity contribution is -0.113. The minimum Gasteiger partial charge on any atom is -0.294 e. The molecule has 1 nitrogen and oxygen atoms in total. The fourth-order valence-corrected chi connectivity index (χ4v) is 1.68. The van der Waals surface area contributed by atoms with Crippen LogP contribution in [0.3, 0.4) is 0 Å². The Bertz CT molecular complexity index is 439. The van der Waals surface area contributed by atoms with Crippen molar-refractivity contribution < 1.29 is 4.79 Å². The lowest BCUT2D eigenvalue weighted by atomic mass is 9.93. The Morgan fingerprint density at radius 3 is 2.62 bits per heavy atom. The summed E-state index contributed by atoms with van der Waals surface area (Å²) in [4.78, 5) is 11.8. The van der Waals surface area contributed by atoms with Crippen LogP contribution in [0, 0.1) is 13.8 Å². The molecule has 0 bridgehead atoms. The fourth-order valence-electron chi connectivity index (χ4n) is 1.68. The third-order valence-electron chi connectivity index (χ3n) is 2.80. The molecule has 1 rings (SSSR count). The first-order valence-electron chi connectivity index (χ1n) is 5.54. The van der Waals surface area contributed by atoms with Crippen molar-refractivity contribution in [3.8, 4) is 0 Å². The second-order valence-corrected chi connectivity index (χ2v) is 3.84. The monoisotopic (exact) mass is 214 g/mol. The zero-order valence-electron chi connectivity index (χ0n) is 10.2. The maximum absolute atomic E-state index is 11.8. The first-order chi connectivity index (χ1) is 7.61. The van der Waals surface area contributed by atoms with Gasteiger partial charge in [0, 0.05) is 12.0 Å². The minimum absolute atomic E-state index is 0.161. The van der Waals surface area contributed by atoms with E-state index in [1.54, 1.807) is 12.2 Å². The molecule has 0 heterocycles. The number of rotatable bonds is 4. The number of aryl methyl sites for hydroxylation is 1. The summed E-state index contributed by atoms with van der Waals surface area (Å²) < 4.78 is 0. The average Bonchev–Trinajstić information content (AvgIpc) is 2.29. The average molecular weight is 214 g/mol. The van der Waals surface area contributed by atoms with E-state index in [0.29, 0.717) is 6.42 Å². The van der Waals surface area contributed by atoms with E-state index in [2.05, 4.69) is 19.6 Å². The molecule has 1 aromatic rings. The molecule has 0 aliphatic rings. The van der Waals surface area contributed by atoms with Gasteiger partial charge in [0.25, 0.3) is 0 Å². The highest BCUT2D eigenvalue weighted by Gasteiger charge is 2.12. The van der Waals surface area contributed by atoms with E-state index in [4.69, 9.17) is 0 Å². The summed E-state index contributed by atoms with van der Waals surface area (Å²) in [7, 11) is 0. The van der Waals surface area contributed by atoms with Crippen molar-refractivity contribution in [2.45, 2.75) is 27.2 Å². The van der Waals surface area contributed by atoms with Crippen LogP contribution in [0.4, 0.5) is 0 Å². The molecule has 0 fully saturated rings. The van der Waals surface area contributed by atoms with E-state index in [1.165, 1.54) is 5.56 Å². The maximum Gasteiger partial charge on any atom is 0.163 e. The van der Waals surface area contributed by atoms with Crippen LogP contribution < -0.4 is 0 Å². The van der Waals surface area contributed by atoms with Gasteiger partial charge in [0.15, 0.2) is 5.78 Å². The Kier molecular flexibility index (Phi) is 4.24. The molecule has 0 spiro atoms. The molecular formula is C15H18O. The summed E-state index contributed by atoms with van der Waals surface area (Å²) in [5, 5.41) is 0. The highest BCUT2D eigenvalue weighted by Crippen LogP contribution is 2.23. The molecule has 84 valence electrons. The number of Topliss-reactive ketones (excluding diaryl/α,β-unsaturated/α-hetero) is 1. The topological polar surface area (TPSA) is 17.1 Å². The third kappa shape index (κ3) is 2.48. The summed E-state index contributed by atoms with van der Waals surface area (Å²) in [6, 6.07) is 6.03. The van der Waals surface area contributed by atoms with E-state index >= 15 is 0 Å². The maximum atomic E-state index is 11.8. The van der Waals surface area contributed by atoms with Gasteiger partial charge in [-0.1, -0.05) is 43.9 Å². The second-order valence-electron chi connectivity index (χ2n) is 3.84. The van der Waals surface area contributed by atoms with E-state index < -0.39 is 0 Å². The predicted octanol–water partition coefficient (Wildman–Crippen LogP) is 3.85. The minimum atomic E-state index is 0.161. The van der Waals surface area contributed by atoms with Crippen LogP contribution in [0.1, 0.15) is 30.0 Å². The summed E-state index contributed by atoms with van der Waals surface area (Å²) in [5.41, 5.74) is 4.15. The van der Waals surface area contributed by atoms with Gasteiger partial charge in [-0.15, -0.1) is 0 Å². The molecule has 0 N–H and O–H groups in total. The molecule has 1 aromatic carbocycles. The first-order valence-corrected chi connectivity index (χ1v) is 5.54. The lowest BCUT2D eigenvalue weighted by Crippen LogP contribution is -2.02. The normalized spacial score (nSPS) is 11.3. The summed E-state index contributed by atoms with van der Waals surface area (Å²) in [5.74, 6) is 0.161. The number of carbonyl (C=O) groups is 1. The smallest absolute Gasteiger partial charge is 0.163 e. The van der Waals surface area contributed by atoms with Crippen LogP contribution in [-0.4, -0.2) is 5.78 Å². The highest BCUT2D eigenvalue weighted by molar-refractivity contribution is 6.21. The number of allylic oxidation sites excluding steroid dienone is 3. The fraction of sp³-hybridized carbons (Fsp3) is 0.267. The summed E-state index contributed by atoms with van der Waals surface area (Å²) in [6.07, 6.45) is 3.99. The number of ketones is 1. The van der Waals surface area contributed by atoms with Crippen LogP contribution in [0.5, 0.6) is 0 Å². The number of hydrogen-bond donors (Lipinski definition) is 0. The standard InChI is InChI=1S/C15H18O/c1-5-8-14(15(16)6-2)13-10-7-9-11(3)12(13)4/h5,7-10H,1,6H2,2-4H3/b14-8+. The zero-order valence-corrected chi connectivity index (χ0v) is 10.2. The van der Waals surface area contributed by atoms with Gasteiger partial charge in [0.2, 0.25) is 0 Å². The highest BCUT2D eigenvalue weighted by atomic mass is 16.1. The largest absolute Gasteiger partial charge is 0.294 e. The van der Waals surface area contributed by atoms with Gasteiger partial charge < -0.3 is 0 Å². The Hall–Kier alpha value is -1.63. The molecule has 0 aromatic heterocycles. The SMILES string of the molecule is C=C/C=C(/C(=O)CC)c1cccc(C)c1C.